The standard InChI is InChI=1S/C16H14N3O/c20-12-10-14-7-5-13(6-8-14)9-11-19-16-4-2-1-3-15(16)17-18-19/h1-8H,9-11H2. The zero-order chi connectivity index (χ0) is 13.8. The van der Waals surface area contributed by atoms with Gasteiger partial charge >= 0.3 is 0 Å². The van der Waals surface area contributed by atoms with Gasteiger partial charge in [-0.25, -0.2) is 4.68 Å². The number of rotatable bonds is 5. The van der Waals surface area contributed by atoms with Crippen molar-refractivity contribution in [3.63, 3.8) is 0 Å². The van der Waals surface area contributed by atoms with Crippen molar-refractivity contribution in [2.24, 2.45) is 0 Å². The molecule has 4 heteroatoms. The molecule has 0 amide bonds. The Morgan fingerprint density at radius 1 is 1.00 bits per heavy atom. The molecule has 0 N–H and O–H groups in total. The molecular weight excluding hydrogens is 250 g/mol. The van der Waals surface area contributed by atoms with Gasteiger partial charge in [-0.3, -0.25) is 4.79 Å². The summed E-state index contributed by atoms with van der Waals surface area (Å²) in [5.74, 6) is 0. The zero-order valence-electron chi connectivity index (χ0n) is 11.0. The van der Waals surface area contributed by atoms with Crippen molar-refractivity contribution in [1.29, 1.82) is 0 Å². The Kier molecular flexibility index (Phi) is 3.54. The van der Waals surface area contributed by atoms with Gasteiger partial charge < -0.3 is 0 Å². The summed E-state index contributed by atoms with van der Waals surface area (Å²) >= 11 is 0. The number of nitrogens with zero attached hydrogens (tertiary/aromatic N) is 3. The molecule has 1 heterocycles. The van der Waals surface area contributed by atoms with Crippen molar-refractivity contribution in [3.05, 3.63) is 59.7 Å². The maximum Gasteiger partial charge on any atom is 0.203 e. The fourth-order valence-electron chi connectivity index (χ4n) is 2.22. The molecule has 0 unspecified atom stereocenters. The van der Waals surface area contributed by atoms with Crippen LogP contribution in [0, 0.1) is 0 Å². The van der Waals surface area contributed by atoms with Crippen LogP contribution in [0.5, 0.6) is 0 Å². The minimum atomic E-state index is 0.355. The molecule has 0 saturated carbocycles. The molecule has 3 aromatic rings. The summed E-state index contributed by atoms with van der Waals surface area (Å²) < 4.78 is 1.92. The highest BCUT2D eigenvalue weighted by Gasteiger charge is 2.03. The fraction of sp³-hybridized carbons (Fsp3) is 0.188. The first-order chi connectivity index (χ1) is 9.86. The first-order valence-corrected chi connectivity index (χ1v) is 6.58. The van der Waals surface area contributed by atoms with E-state index in [2.05, 4.69) is 10.3 Å². The quantitative estimate of drug-likeness (QED) is 0.710. The van der Waals surface area contributed by atoms with Crippen LogP contribution in [0.25, 0.3) is 11.0 Å². The Labute approximate surface area is 117 Å². The minimum Gasteiger partial charge on any atom is -0.291 e. The van der Waals surface area contributed by atoms with E-state index in [1.165, 1.54) is 5.56 Å². The van der Waals surface area contributed by atoms with Gasteiger partial charge in [0.1, 0.15) is 5.52 Å². The summed E-state index contributed by atoms with van der Waals surface area (Å²) in [5.41, 5.74) is 4.19. The first kappa shape index (κ1) is 12.5. The number of hydrogen-bond acceptors (Lipinski definition) is 3. The molecular formula is C16H14N3O. The molecule has 1 aromatic heterocycles. The molecule has 20 heavy (non-hydrogen) atoms. The van der Waals surface area contributed by atoms with E-state index < -0.39 is 0 Å². The lowest BCUT2D eigenvalue weighted by Gasteiger charge is -2.04. The van der Waals surface area contributed by atoms with Crippen LogP contribution < -0.4 is 0 Å². The minimum absolute atomic E-state index is 0.355. The van der Waals surface area contributed by atoms with Gasteiger partial charge in [-0.05, 0) is 29.7 Å². The molecule has 3 rings (SSSR count). The van der Waals surface area contributed by atoms with Crippen LogP contribution >= 0.6 is 0 Å². The van der Waals surface area contributed by atoms with Crippen LogP contribution in [0.15, 0.2) is 48.5 Å². The fourth-order valence-corrected chi connectivity index (χ4v) is 2.22. The third-order valence-corrected chi connectivity index (χ3v) is 3.33. The Balaban J connectivity index is 1.71. The van der Waals surface area contributed by atoms with E-state index in [1.807, 2.05) is 59.5 Å². The van der Waals surface area contributed by atoms with Crippen molar-refractivity contribution < 1.29 is 4.79 Å². The normalized spacial score (nSPS) is 10.8. The summed E-state index contributed by atoms with van der Waals surface area (Å²) in [5, 5.41) is 8.31. The van der Waals surface area contributed by atoms with Gasteiger partial charge in [-0.2, -0.15) is 0 Å². The van der Waals surface area contributed by atoms with Crippen LogP contribution in [0.3, 0.4) is 0 Å². The lowest BCUT2D eigenvalue weighted by molar-refractivity contribution is 0.555. The summed E-state index contributed by atoms with van der Waals surface area (Å²) in [6.45, 7) is 0.791. The van der Waals surface area contributed by atoms with Crippen molar-refractivity contribution >= 4 is 17.3 Å². The van der Waals surface area contributed by atoms with Crippen LogP contribution in [-0.2, 0) is 24.2 Å². The third kappa shape index (κ3) is 2.59. The number of benzene rings is 2. The molecule has 0 bridgehead atoms. The summed E-state index contributed by atoms with van der Waals surface area (Å²) in [7, 11) is 0. The number of aromatic nitrogens is 3. The molecule has 4 nitrogen and oxygen atoms in total. The molecule has 0 aliphatic heterocycles. The maximum atomic E-state index is 10.3. The summed E-state index contributed by atoms with van der Waals surface area (Å²) in [4.78, 5) is 10.3. The number of fused-ring (bicyclic) bond motifs is 1. The smallest absolute Gasteiger partial charge is 0.203 e. The van der Waals surface area contributed by atoms with Crippen LogP contribution in [0.2, 0.25) is 0 Å². The van der Waals surface area contributed by atoms with E-state index in [0.29, 0.717) is 6.42 Å². The van der Waals surface area contributed by atoms with E-state index in [-0.39, 0.29) is 0 Å². The molecule has 2 aromatic carbocycles. The van der Waals surface area contributed by atoms with Crippen molar-refractivity contribution in [3.8, 4) is 0 Å². The summed E-state index contributed by atoms with van der Waals surface area (Å²) in [6.07, 6.45) is 3.15. The largest absolute Gasteiger partial charge is 0.291 e. The Bertz CT molecular complexity index is 716. The van der Waals surface area contributed by atoms with E-state index in [1.54, 1.807) is 0 Å². The van der Waals surface area contributed by atoms with Gasteiger partial charge in [0.25, 0.3) is 0 Å². The van der Waals surface area contributed by atoms with Gasteiger partial charge in [0.15, 0.2) is 0 Å². The molecule has 0 saturated heterocycles. The second-order valence-corrected chi connectivity index (χ2v) is 4.69. The van der Waals surface area contributed by atoms with E-state index in [0.717, 1.165) is 29.6 Å². The molecule has 0 spiro atoms. The van der Waals surface area contributed by atoms with E-state index in [9.17, 15) is 4.79 Å². The average molecular weight is 264 g/mol. The van der Waals surface area contributed by atoms with Gasteiger partial charge in [-0.15, -0.1) is 5.10 Å². The van der Waals surface area contributed by atoms with Gasteiger partial charge in [0.05, 0.1) is 5.52 Å². The Morgan fingerprint density at radius 2 is 1.75 bits per heavy atom. The highest BCUT2D eigenvalue weighted by molar-refractivity contribution is 5.73. The van der Waals surface area contributed by atoms with Crippen molar-refractivity contribution in [2.45, 2.75) is 19.4 Å². The van der Waals surface area contributed by atoms with Crippen molar-refractivity contribution in [1.82, 2.24) is 15.0 Å². The van der Waals surface area contributed by atoms with Crippen LogP contribution in [-0.4, -0.2) is 21.3 Å². The monoisotopic (exact) mass is 264 g/mol. The molecule has 0 aliphatic rings. The number of para-hydroxylation sites is 1. The van der Waals surface area contributed by atoms with E-state index >= 15 is 0 Å². The lowest BCUT2D eigenvalue weighted by atomic mass is 10.1. The highest BCUT2D eigenvalue weighted by Crippen LogP contribution is 2.11. The lowest BCUT2D eigenvalue weighted by Crippen LogP contribution is -2.03. The predicted octanol–water partition coefficient (Wildman–Crippen LogP) is 2.33. The van der Waals surface area contributed by atoms with Gasteiger partial charge in [0, 0.05) is 13.0 Å². The SMILES string of the molecule is O=[C]Cc1ccc(CCn2nnc3ccccc32)cc1. The number of aryl methyl sites for hydroxylation is 2. The molecule has 0 aliphatic carbocycles. The number of hydrogen-bond donors (Lipinski definition) is 0. The highest BCUT2D eigenvalue weighted by atomic mass is 16.1. The predicted molar refractivity (Wildman–Crippen MR) is 77.1 cm³/mol. The summed E-state index contributed by atoms with van der Waals surface area (Å²) in [6, 6.07) is 16.0. The molecule has 0 fully saturated rings. The van der Waals surface area contributed by atoms with Crippen LogP contribution in [0.4, 0.5) is 0 Å². The molecule has 1 radical (unpaired) electrons. The molecule has 0 atom stereocenters. The van der Waals surface area contributed by atoms with Gasteiger partial charge in [0.2, 0.25) is 6.29 Å². The number of carbonyl (C=O) groups excluding carboxylic acids is 1. The van der Waals surface area contributed by atoms with Gasteiger partial charge in [-0.1, -0.05) is 41.6 Å². The molecule has 99 valence electrons. The topological polar surface area (TPSA) is 47.8 Å². The van der Waals surface area contributed by atoms with E-state index in [4.69, 9.17) is 0 Å². The average Bonchev–Trinajstić information content (AvgIpc) is 2.90. The maximum absolute atomic E-state index is 10.3. The van der Waals surface area contributed by atoms with Crippen LogP contribution in [0.1, 0.15) is 11.1 Å². The first-order valence-electron chi connectivity index (χ1n) is 6.58. The Hall–Kier alpha value is -2.49. The van der Waals surface area contributed by atoms with Crippen molar-refractivity contribution in [2.75, 3.05) is 0 Å². The third-order valence-electron chi connectivity index (χ3n) is 3.33. The second-order valence-electron chi connectivity index (χ2n) is 4.69. The Morgan fingerprint density at radius 3 is 2.55 bits per heavy atom. The second kappa shape index (κ2) is 5.65. The zero-order valence-corrected chi connectivity index (χ0v) is 11.0.